The molecule has 1 fully saturated rings. The highest BCUT2D eigenvalue weighted by atomic mass is 19.1. The van der Waals surface area contributed by atoms with Gasteiger partial charge in [-0.25, -0.2) is 9.18 Å². The van der Waals surface area contributed by atoms with Crippen molar-refractivity contribution in [3.63, 3.8) is 0 Å². The van der Waals surface area contributed by atoms with E-state index >= 15 is 0 Å². The smallest absolute Gasteiger partial charge is 0.410 e. The molecular formula is C12H22FNO4. The molecule has 1 aliphatic rings. The summed E-state index contributed by atoms with van der Waals surface area (Å²) < 4.78 is 24.3. The molecule has 1 amide bonds. The lowest BCUT2D eigenvalue weighted by Gasteiger charge is -2.42. The first-order chi connectivity index (χ1) is 8.24. The number of carbonyl (C=O) groups is 1. The fourth-order valence-corrected chi connectivity index (χ4v) is 1.90. The molecule has 1 aliphatic heterocycles. The minimum Gasteiger partial charge on any atom is -0.444 e. The predicted molar refractivity (Wildman–Crippen MR) is 64.1 cm³/mol. The molecule has 1 rings (SSSR count). The molecule has 0 aliphatic carbocycles. The summed E-state index contributed by atoms with van der Waals surface area (Å²) in [6, 6.07) is 0. The number of hydrogen-bond acceptors (Lipinski definition) is 4. The van der Waals surface area contributed by atoms with Gasteiger partial charge in [0.1, 0.15) is 17.4 Å². The summed E-state index contributed by atoms with van der Waals surface area (Å²) in [6.45, 7) is 5.07. The number of halogens is 1. The van der Waals surface area contributed by atoms with Crippen molar-refractivity contribution in [1.82, 2.24) is 4.90 Å². The van der Waals surface area contributed by atoms with Crippen LogP contribution in [-0.4, -0.2) is 60.3 Å². The molecule has 5 nitrogen and oxygen atoms in total. The Bertz CT molecular complexity index is 299. The van der Waals surface area contributed by atoms with E-state index in [-0.39, 0.29) is 13.0 Å². The number of alkyl halides is 1. The number of methoxy groups -OCH3 is 1. The van der Waals surface area contributed by atoms with Crippen LogP contribution in [0.1, 0.15) is 27.2 Å². The van der Waals surface area contributed by atoms with Crippen molar-refractivity contribution in [2.24, 2.45) is 0 Å². The Morgan fingerprint density at radius 3 is 2.56 bits per heavy atom. The fraction of sp³-hybridized carbons (Fsp3) is 0.917. The van der Waals surface area contributed by atoms with Crippen LogP contribution in [0.5, 0.6) is 0 Å². The van der Waals surface area contributed by atoms with Crippen molar-refractivity contribution in [2.75, 3.05) is 26.8 Å². The zero-order chi connectivity index (χ0) is 14.0. The molecule has 0 radical (unpaired) electrons. The van der Waals surface area contributed by atoms with Gasteiger partial charge in [0.05, 0.1) is 13.2 Å². The molecule has 0 unspecified atom stereocenters. The monoisotopic (exact) mass is 263 g/mol. The first-order valence-corrected chi connectivity index (χ1v) is 6.02. The molecule has 18 heavy (non-hydrogen) atoms. The van der Waals surface area contributed by atoms with Crippen LogP contribution in [0, 0.1) is 0 Å². The van der Waals surface area contributed by atoms with E-state index in [4.69, 9.17) is 9.47 Å². The van der Waals surface area contributed by atoms with E-state index in [1.807, 2.05) is 0 Å². The number of ether oxygens (including phenoxy) is 2. The van der Waals surface area contributed by atoms with Crippen molar-refractivity contribution in [3.05, 3.63) is 0 Å². The van der Waals surface area contributed by atoms with E-state index in [2.05, 4.69) is 0 Å². The maximum atomic E-state index is 14.0. The average Bonchev–Trinajstić information content (AvgIpc) is 2.27. The summed E-state index contributed by atoms with van der Waals surface area (Å²) in [5, 5.41) is 9.22. The van der Waals surface area contributed by atoms with Gasteiger partial charge in [0.25, 0.3) is 0 Å². The van der Waals surface area contributed by atoms with E-state index in [1.54, 1.807) is 20.8 Å². The van der Waals surface area contributed by atoms with Crippen LogP contribution in [0.15, 0.2) is 0 Å². The molecule has 1 N–H and O–H groups in total. The summed E-state index contributed by atoms with van der Waals surface area (Å²) in [7, 11) is 1.37. The molecule has 1 saturated heterocycles. The van der Waals surface area contributed by atoms with Crippen LogP contribution in [0.25, 0.3) is 0 Å². The Balaban J connectivity index is 2.63. The third-order valence-corrected chi connectivity index (χ3v) is 3.08. The van der Waals surface area contributed by atoms with Crippen LogP contribution < -0.4 is 0 Å². The van der Waals surface area contributed by atoms with Crippen LogP contribution in [-0.2, 0) is 9.47 Å². The number of hydrogen-bond donors (Lipinski definition) is 1. The van der Waals surface area contributed by atoms with Gasteiger partial charge in [0, 0.05) is 13.7 Å². The first-order valence-electron chi connectivity index (χ1n) is 6.02. The number of piperidine rings is 1. The van der Waals surface area contributed by atoms with Gasteiger partial charge in [-0.3, -0.25) is 0 Å². The third kappa shape index (κ3) is 3.32. The van der Waals surface area contributed by atoms with Crippen LogP contribution in [0.3, 0.4) is 0 Å². The molecule has 0 bridgehead atoms. The predicted octanol–water partition coefficient (Wildman–Crippen LogP) is 1.34. The Hall–Kier alpha value is -0.880. The second-order valence-electron chi connectivity index (χ2n) is 5.57. The third-order valence-electron chi connectivity index (χ3n) is 3.08. The van der Waals surface area contributed by atoms with Crippen LogP contribution in [0.2, 0.25) is 0 Å². The summed E-state index contributed by atoms with van der Waals surface area (Å²) in [6.07, 6.45) is -1.71. The lowest BCUT2D eigenvalue weighted by atomic mass is 9.90. The maximum absolute atomic E-state index is 14.0. The van der Waals surface area contributed by atoms with Gasteiger partial charge in [-0.05, 0) is 27.2 Å². The zero-order valence-electron chi connectivity index (χ0n) is 11.4. The second-order valence-corrected chi connectivity index (χ2v) is 5.57. The number of carbonyl (C=O) groups excluding carboxylic acids is 1. The van der Waals surface area contributed by atoms with Crippen LogP contribution >= 0.6 is 0 Å². The van der Waals surface area contributed by atoms with Crippen molar-refractivity contribution in [1.29, 1.82) is 0 Å². The Morgan fingerprint density at radius 2 is 2.17 bits per heavy atom. The zero-order valence-corrected chi connectivity index (χ0v) is 11.4. The molecule has 1 heterocycles. The van der Waals surface area contributed by atoms with E-state index in [0.29, 0.717) is 6.54 Å². The van der Waals surface area contributed by atoms with Gasteiger partial charge in [-0.1, -0.05) is 0 Å². The topological polar surface area (TPSA) is 59.0 Å². The van der Waals surface area contributed by atoms with Crippen molar-refractivity contribution >= 4 is 6.09 Å². The lowest BCUT2D eigenvalue weighted by molar-refractivity contribution is -0.134. The highest BCUT2D eigenvalue weighted by Crippen LogP contribution is 2.29. The minimum atomic E-state index is -1.42. The highest BCUT2D eigenvalue weighted by Gasteiger charge is 2.45. The van der Waals surface area contributed by atoms with E-state index < -0.39 is 30.1 Å². The molecule has 2 atom stereocenters. The standard InChI is InChI=1S/C12H22FNO4/c1-11(2,3)18-10(16)14-6-5-12(8-15,17-4)9(13)7-14/h9,15H,5-8H2,1-4H3/t9-,12+/m1/s1. The average molecular weight is 263 g/mol. The molecule has 0 aromatic heterocycles. The Morgan fingerprint density at radius 1 is 1.56 bits per heavy atom. The van der Waals surface area contributed by atoms with Crippen molar-refractivity contribution < 1.29 is 23.8 Å². The number of rotatable bonds is 2. The molecule has 6 heteroatoms. The summed E-state index contributed by atoms with van der Waals surface area (Å²) >= 11 is 0. The summed E-state index contributed by atoms with van der Waals surface area (Å²) in [5.74, 6) is 0. The quantitative estimate of drug-likeness (QED) is 0.817. The SMILES string of the molecule is CO[C@]1(CO)CCN(C(=O)OC(C)(C)C)C[C@H]1F. The highest BCUT2D eigenvalue weighted by molar-refractivity contribution is 5.68. The Kier molecular flexibility index (Phi) is 4.55. The summed E-state index contributed by atoms with van der Waals surface area (Å²) in [5.41, 5.74) is -1.80. The van der Waals surface area contributed by atoms with Gasteiger partial charge in [0.15, 0.2) is 0 Å². The fourth-order valence-electron chi connectivity index (χ4n) is 1.90. The number of amides is 1. The maximum Gasteiger partial charge on any atom is 0.410 e. The normalized spacial score (nSPS) is 29.2. The van der Waals surface area contributed by atoms with E-state index in [0.717, 1.165) is 0 Å². The Labute approximate surface area is 107 Å². The summed E-state index contributed by atoms with van der Waals surface area (Å²) in [4.78, 5) is 13.1. The largest absolute Gasteiger partial charge is 0.444 e. The lowest BCUT2D eigenvalue weighted by Crippen LogP contribution is -2.58. The molecular weight excluding hydrogens is 241 g/mol. The van der Waals surface area contributed by atoms with Gasteiger partial charge < -0.3 is 19.5 Å². The molecule has 0 spiro atoms. The molecule has 0 aromatic carbocycles. The molecule has 0 saturated carbocycles. The molecule has 106 valence electrons. The van der Waals surface area contributed by atoms with Gasteiger partial charge >= 0.3 is 6.09 Å². The number of nitrogens with zero attached hydrogens (tertiary/aromatic N) is 1. The van der Waals surface area contributed by atoms with Crippen molar-refractivity contribution in [2.45, 2.75) is 44.6 Å². The van der Waals surface area contributed by atoms with Crippen molar-refractivity contribution in [3.8, 4) is 0 Å². The van der Waals surface area contributed by atoms with Gasteiger partial charge in [-0.2, -0.15) is 0 Å². The van der Waals surface area contributed by atoms with E-state index in [9.17, 15) is 14.3 Å². The van der Waals surface area contributed by atoms with Gasteiger partial charge in [-0.15, -0.1) is 0 Å². The number of likely N-dealkylation sites (tertiary alicyclic amines) is 1. The number of aliphatic hydroxyl groups excluding tert-OH is 1. The molecule has 0 aromatic rings. The van der Waals surface area contributed by atoms with Gasteiger partial charge in [0.2, 0.25) is 0 Å². The van der Waals surface area contributed by atoms with E-state index in [1.165, 1.54) is 12.0 Å². The minimum absolute atomic E-state index is 0.122. The first kappa shape index (κ1) is 15.2. The van der Waals surface area contributed by atoms with Crippen LogP contribution in [0.4, 0.5) is 9.18 Å². The second kappa shape index (κ2) is 5.40. The number of aliphatic hydroxyl groups is 1.